The second-order valence-electron chi connectivity index (χ2n) is 6.44. The number of amides is 1. The Hall–Kier alpha value is -2.30. The van der Waals surface area contributed by atoms with Crippen LogP contribution >= 0.6 is 23.2 Å². The Morgan fingerprint density at radius 3 is 2.48 bits per heavy atom. The van der Waals surface area contributed by atoms with E-state index in [2.05, 4.69) is 10.4 Å². The van der Waals surface area contributed by atoms with Crippen LogP contribution in [-0.4, -0.2) is 22.2 Å². The number of halogens is 2. The Morgan fingerprint density at radius 2 is 1.81 bits per heavy atom. The number of nitrogens with zero attached hydrogens (tertiary/aromatic N) is 2. The molecule has 3 rings (SSSR count). The average molecular weight is 402 g/mol. The predicted octanol–water partition coefficient (Wildman–Crippen LogP) is 5.35. The van der Waals surface area contributed by atoms with Crippen molar-refractivity contribution in [2.24, 2.45) is 0 Å². The predicted molar refractivity (Wildman–Crippen MR) is 111 cm³/mol. The maximum atomic E-state index is 12.4. The third-order valence-corrected chi connectivity index (χ3v) is 4.95. The summed E-state index contributed by atoms with van der Waals surface area (Å²) in [4.78, 5) is 12.4. The van der Waals surface area contributed by atoms with E-state index in [-0.39, 0.29) is 5.91 Å². The van der Waals surface area contributed by atoms with Gasteiger partial charge >= 0.3 is 0 Å². The van der Waals surface area contributed by atoms with Crippen molar-refractivity contribution in [3.05, 3.63) is 75.4 Å². The molecule has 0 unspecified atom stereocenters. The minimum absolute atomic E-state index is 0.168. The number of aromatic nitrogens is 2. The maximum absolute atomic E-state index is 12.4. The molecule has 0 spiro atoms. The molecule has 3 aromatic rings. The molecule has 1 N–H and O–H groups in total. The van der Waals surface area contributed by atoms with Gasteiger partial charge in [-0.05, 0) is 42.7 Å². The number of nitrogens with one attached hydrogen (secondary N) is 1. The van der Waals surface area contributed by atoms with E-state index in [0.717, 1.165) is 23.2 Å². The Bertz CT molecular complexity index is 949. The molecule has 0 saturated heterocycles. The first-order chi connectivity index (χ1) is 13.0. The van der Waals surface area contributed by atoms with Crippen LogP contribution in [0.4, 0.5) is 0 Å². The van der Waals surface area contributed by atoms with Crippen molar-refractivity contribution in [3.8, 4) is 11.3 Å². The van der Waals surface area contributed by atoms with Gasteiger partial charge in [0.05, 0.1) is 22.3 Å². The van der Waals surface area contributed by atoms with Crippen LogP contribution in [0.5, 0.6) is 0 Å². The Morgan fingerprint density at radius 1 is 1.07 bits per heavy atom. The van der Waals surface area contributed by atoms with Crippen LogP contribution in [0.1, 0.15) is 35.0 Å². The van der Waals surface area contributed by atoms with E-state index < -0.39 is 0 Å². The van der Waals surface area contributed by atoms with Crippen LogP contribution < -0.4 is 5.32 Å². The van der Waals surface area contributed by atoms with Gasteiger partial charge in [-0.25, -0.2) is 0 Å². The highest BCUT2D eigenvalue weighted by Crippen LogP contribution is 2.26. The summed E-state index contributed by atoms with van der Waals surface area (Å²) in [7, 11) is 0. The first-order valence-electron chi connectivity index (χ1n) is 8.85. The SMILES string of the molecule is CCCNC(=O)c1cc(-c2ccc(C)cc2)n(Cc2ccc(Cl)c(Cl)c2)n1. The lowest BCUT2D eigenvalue weighted by Crippen LogP contribution is -2.24. The van der Waals surface area contributed by atoms with Gasteiger partial charge in [-0.1, -0.05) is 66.0 Å². The molecule has 0 aliphatic carbocycles. The largest absolute Gasteiger partial charge is 0.351 e. The van der Waals surface area contributed by atoms with Gasteiger partial charge in [0, 0.05) is 6.54 Å². The first-order valence-corrected chi connectivity index (χ1v) is 9.60. The maximum Gasteiger partial charge on any atom is 0.271 e. The number of carbonyl (C=O) groups excluding carboxylic acids is 1. The van der Waals surface area contributed by atoms with Crippen LogP contribution in [-0.2, 0) is 6.54 Å². The van der Waals surface area contributed by atoms with Crippen molar-refractivity contribution in [2.75, 3.05) is 6.54 Å². The standard InChI is InChI=1S/C21H21Cl2N3O/c1-3-10-24-21(27)19-12-20(16-7-4-14(2)5-8-16)26(25-19)13-15-6-9-17(22)18(23)11-15/h4-9,11-12H,3,10,13H2,1-2H3,(H,24,27). The molecule has 27 heavy (non-hydrogen) atoms. The highest BCUT2D eigenvalue weighted by molar-refractivity contribution is 6.42. The number of benzene rings is 2. The number of rotatable bonds is 6. The minimum Gasteiger partial charge on any atom is -0.351 e. The number of hydrogen-bond acceptors (Lipinski definition) is 2. The molecule has 0 aliphatic heterocycles. The molecular weight excluding hydrogens is 381 g/mol. The van der Waals surface area contributed by atoms with E-state index in [4.69, 9.17) is 23.2 Å². The van der Waals surface area contributed by atoms with E-state index in [0.29, 0.717) is 28.8 Å². The second kappa shape index (κ2) is 8.59. The van der Waals surface area contributed by atoms with E-state index in [1.54, 1.807) is 6.07 Å². The van der Waals surface area contributed by atoms with Crippen molar-refractivity contribution in [1.82, 2.24) is 15.1 Å². The molecule has 1 aromatic heterocycles. The zero-order chi connectivity index (χ0) is 19.4. The Kier molecular flexibility index (Phi) is 6.19. The fourth-order valence-corrected chi connectivity index (χ4v) is 3.07. The molecule has 140 valence electrons. The summed E-state index contributed by atoms with van der Waals surface area (Å²) in [6.45, 7) is 5.17. The minimum atomic E-state index is -0.168. The zero-order valence-corrected chi connectivity index (χ0v) is 16.8. The lowest BCUT2D eigenvalue weighted by atomic mass is 10.1. The van der Waals surface area contributed by atoms with Crippen molar-refractivity contribution in [3.63, 3.8) is 0 Å². The normalized spacial score (nSPS) is 10.8. The van der Waals surface area contributed by atoms with E-state index >= 15 is 0 Å². The number of hydrogen-bond donors (Lipinski definition) is 1. The lowest BCUT2D eigenvalue weighted by molar-refractivity contribution is 0.0948. The smallest absolute Gasteiger partial charge is 0.271 e. The Balaban J connectivity index is 1.98. The van der Waals surface area contributed by atoms with Gasteiger partial charge < -0.3 is 5.32 Å². The summed E-state index contributed by atoms with van der Waals surface area (Å²) in [6.07, 6.45) is 0.876. The molecular formula is C21H21Cl2N3O. The third kappa shape index (κ3) is 4.71. The quantitative estimate of drug-likeness (QED) is 0.604. The van der Waals surface area contributed by atoms with Crippen molar-refractivity contribution in [2.45, 2.75) is 26.8 Å². The van der Waals surface area contributed by atoms with Crippen LogP contribution in [0.3, 0.4) is 0 Å². The molecule has 0 aliphatic rings. The molecule has 4 nitrogen and oxygen atoms in total. The van der Waals surface area contributed by atoms with Crippen molar-refractivity contribution in [1.29, 1.82) is 0 Å². The molecule has 0 radical (unpaired) electrons. The molecule has 0 fully saturated rings. The van der Waals surface area contributed by atoms with E-state index in [9.17, 15) is 4.79 Å². The summed E-state index contributed by atoms with van der Waals surface area (Å²) in [5.74, 6) is -0.168. The highest BCUT2D eigenvalue weighted by Gasteiger charge is 2.16. The molecule has 2 aromatic carbocycles. The summed E-state index contributed by atoms with van der Waals surface area (Å²) in [5, 5.41) is 8.43. The summed E-state index contributed by atoms with van der Waals surface area (Å²) in [6, 6.07) is 15.5. The average Bonchev–Trinajstić information content (AvgIpc) is 3.07. The number of aryl methyl sites for hydroxylation is 1. The van der Waals surface area contributed by atoms with Gasteiger partial charge in [0.1, 0.15) is 0 Å². The fraction of sp³-hybridized carbons (Fsp3) is 0.238. The van der Waals surface area contributed by atoms with Gasteiger partial charge in [0.2, 0.25) is 0 Å². The van der Waals surface area contributed by atoms with E-state index in [1.165, 1.54) is 5.56 Å². The van der Waals surface area contributed by atoms with Crippen LogP contribution in [0.2, 0.25) is 10.0 Å². The van der Waals surface area contributed by atoms with Crippen molar-refractivity contribution >= 4 is 29.1 Å². The summed E-state index contributed by atoms with van der Waals surface area (Å²) >= 11 is 12.2. The second-order valence-corrected chi connectivity index (χ2v) is 7.26. The number of carbonyl (C=O) groups is 1. The van der Waals surface area contributed by atoms with Gasteiger partial charge in [-0.2, -0.15) is 5.10 Å². The summed E-state index contributed by atoms with van der Waals surface area (Å²) < 4.78 is 1.82. The zero-order valence-electron chi connectivity index (χ0n) is 15.3. The van der Waals surface area contributed by atoms with Gasteiger partial charge in [0.15, 0.2) is 5.69 Å². The molecule has 0 saturated carbocycles. The molecule has 1 amide bonds. The molecule has 0 bridgehead atoms. The van der Waals surface area contributed by atoms with Crippen molar-refractivity contribution < 1.29 is 4.79 Å². The summed E-state index contributed by atoms with van der Waals surface area (Å²) in [5.41, 5.74) is 4.42. The van der Waals surface area contributed by atoms with E-state index in [1.807, 2.05) is 61.0 Å². The van der Waals surface area contributed by atoms with Gasteiger partial charge in [-0.3, -0.25) is 9.48 Å². The molecule has 6 heteroatoms. The van der Waals surface area contributed by atoms with Gasteiger partial charge in [0.25, 0.3) is 5.91 Å². The lowest BCUT2D eigenvalue weighted by Gasteiger charge is -2.09. The van der Waals surface area contributed by atoms with Crippen LogP contribution in [0, 0.1) is 6.92 Å². The Labute approximate surface area is 169 Å². The third-order valence-electron chi connectivity index (χ3n) is 4.21. The van der Waals surface area contributed by atoms with Gasteiger partial charge in [-0.15, -0.1) is 0 Å². The highest BCUT2D eigenvalue weighted by atomic mass is 35.5. The first kappa shape index (κ1) is 19.5. The topological polar surface area (TPSA) is 46.9 Å². The van der Waals surface area contributed by atoms with Crippen LogP contribution in [0.15, 0.2) is 48.5 Å². The monoisotopic (exact) mass is 401 g/mol. The molecule has 1 heterocycles. The fourth-order valence-electron chi connectivity index (χ4n) is 2.74. The van der Waals surface area contributed by atoms with Crippen LogP contribution in [0.25, 0.3) is 11.3 Å². The molecule has 0 atom stereocenters.